The number of benzene rings is 2. The van der Waals surface area contributed by atoms with Crippen LogP contribution in [0.3, 0.4) is 0 Å². The monoisotopic (exact) mass is 416 g/mol. The number of sulfone groups is 1. The van der Waals surface area contributed by atoms with Crippen molar-refractivity contribution in [1.29, 1.82) is 0 Å². The van der Waals surface area contributed by atoms with Crippen molar-refractivity contribution in [2.75, 3.05) is 31.2 Å². The van der Waals surface area contributed by atoms with Crippen molar-refractivity contribution in [2.45, 2.75) is 26.1 Å². The highest BCUT2D eigenvalue weighted by Crippen LogP contribution is 2.23. The van der Waals surface area contributed by atoms with Gasteiger partial charge in [-0.15, -0.1) is 0 Å². The fourth-order valence-corrected chi connectivity index (χ4v) is 4.64. The molecule has 0 spiro atoms. The molecule has 2 aromatic rings. The summed E-state index contributed by atoms with van der Waals surface area (Å²) in [5, 5.41) is 3.02. The zero-order valence-corrected chi connectivity index (χ0v) is 17.5. The molecule has 1 atom stereocenters. The molecule has 0 bridgehead atoms. The molecule has 1 heterocycles. The molecule has 0 aromatic heterocycles. The summed E-state index contributed by atoms with van der Waals surface area (Å²) in [4.78, 5) is 15.0. The van der Waals surface area contributed by atoms with E-state index in [9.17, 15) is 13.2 Å². The number of rotatable bonds is 8. The van der Waals surface area contributed by atoms with Gasteiger partial charge in [0, 0.05) is 26.2 Å². The summed E-state index contributed by atoms with van der Waals surface area (Å²) in [6.07, 6.45) is 0. The molecule has 1 saturated heterocycles. The number of nitrogens with one attached hydrogen (secondary N) is 1. The highest BCUT2D eigenvalue weighted by molar-refractivity contribution is 7.91. The van der Waals surface area contributed by atoms with Crippen LogP contribution in [0.2, 0.25) is 0 Å². The van der Waals surface area contributed by atoms with E-state index in [2.05, 4.69) is 5.32 Å². The van der Waals surface area contributed by atoms with Gasteiger partial charge in [0.2, 0.25) is 5.91 Å². The molecule has 6 nitrogen and oxygen atoms in total. The average Bonchev–Trinajstić information content (AvgIpc) is 2.73. The molecule has 1 fully saturated rings. The van der Waals surface area contributed by atoms with E-state index in [1.165, 1.54) is 0 Å². The molecule has 1 aliphatic heterocycles. The van der Waals surface area contributed by atoms with Crippen molar-refractivity contribution in [3.8, 4) is 0 Å². The first-order valence-corrected chi connectivity index (χ1v) is 11.7. The third kappa shape index (κ3) is 6.13. The summed E-state index contributed by atoms with van der Waals surface area (Å²) < 4.78 is 29.0. The van der Waals surface area contributed by atoms with E-state index in [-0.39, 0.29) is 17.4 Å². The lowest BCUT2D eigenvalue weighted by atomic mass is 10.0. The first-order chi connectivity index (χ1) is 14.0. The summed E-state index contributed by atoms with van der Waals surface area (Å²) in [5.74, 6) is 0.0596. The molecule has 1 aliphatic rings. The van der Waals surface area contributed by atoms with Crippen LogP contribution < -0.4 is 5.32 Å². The number of carbonyl (C=O) groups excluding carboxylic acids is 1. The Balaban J connectivity index is 1.67. The van der Waals surface area contributed by atoms with Crippen LogP contribution in [-0.4, -0.2) is 50.4 Å². The lowest BCUT2D eigenvalue weighted by Gasteiger charge is -2.33. The molecule has 29 heavy (non-hydrogen) atoms. The van der Waals surface area contributed by atoms with Gasteiger partial charge in [-0.05, 0) is 23.6 Å². The van der Waals surface area contributed by atoms with Crippen LogP contribution in [0.1, 0.15) is 29.7 Å². The van der Waals surface area contributed by atoms with Gasteiger partial charge in [-0.25, -0.2) is 8.42 Å². The van der Waals surface area contributed by atoms with Gasteiger partial charge in [0.05, 0.1) is 18.1 Å². The first-order valence-electron chi connectivity index (χ1n) is 9.91. The second kappa shape index (κ2) is 10.0. The fraction of sp³-hybridized carbons (Fsp3) is 0.409. The molecule has 1 N–H and O–H groups in total. The van der Waals surface area contributed by atoms with E-state index >= 15 is 0 Å². The maximum Gasteiger partial charge on any atom is 0.242 e. The zero-order chi connectivity index (χ0) is 20.7. The predicted octanol–water partition coefficient (Wildman–Crippen LogP) is 2.31. The topological polar surface area (TPSA) is 75.7 Å². The normalized spacial score (nSPS) is 17.6. The largest absolute Gasteiger partial charge is 0.377 e. The number of hydrogen-bond donors (Lipinski definition) is 1. The van der Waals surface area contributed by atoms with Gasteiger partial charge >= 0.3 is 0 Å². The maximum atomic E-state index is 13.1. The van der Waals surface area contributed by atoms with Crippen molar-refractivity contribution < 1.29 is 17.9 Å². The van der Waals surface area contributed by atoms with E-state index < -0.39 is 15.9 Å². The minimum atomic E-state index is -3.01. The van der Waals surface area contributed by atoms with Crippen molar-refractivity contribution in [3.63, 3.8) is 0 Å². The Labute approximate surface area is 172 Å². The van der Waals surface area contributed by atoms with E-state index in [1.807, 2.05) is 66.4 Å². The van der Waals surface area contributed by atoms with E-state index in [1.54, 1.807) is 0 Å². The summed E-state index contributed by atoms with van der Waals surface area (Å²) >= 11 is 0. The number of hydrogen-bond acceptors (Lipinski definition) is 5. The summed E-state index contributed by atoms with van der Waals surface area (Å²) in [5.41, 5.74) is 2.97. The first kappa shape index (κ1) is 21.5. The van der Waals surface area contributed by atoms with Crippen LogP contribution in [0.15, 0.2) is 54.6 Å². The fourth-order valence-electron chi connectivity index (χ4n) is 3.41. The smallest absolute Gasteiger partial charge is 0.242 e. The number of carbonyl (C=O) groups is 1. The summed E-state index contributed by atoms with van der Waals surface area (Å²) in [6.45, 7) is 4.37. The lowest BCUT2D eigenvalue weighted by Crippen LogP contribution is -2.47. The van der Waals surface area contributed by atoms with Gasteiger partial charge in [0.25, 0.3) is 0 Å². The van der Waals surface area contributed by atoms with Crippen LogP contribution in [0.4, 0.5) is 0 Å². The Morgan fingerprint density at radius 3 is 2.28 bits per heavy atom. The third-order valence-corrected chi connectivity index (χ3v) is 6.68. The molecule has 1 amide bonds. The SMILES string of the molecule is CCOCc1ccc(CNC(=O)C(c2ccccc2)N2CCS(=O)(=O)CC2)cc1. The summed E-state index contributed by atoms with van der Waals surface area (Å²) in [7, 11) is -3.01. The number of nitrogens with zero attached hydrogens (tertiary/aromatic N) is 1. The van der Waals surface area contributed by atoms with Crippen LogP contribution in [0, 0.1) is 0 Å². The average molecular weight is 417 g/mol. The molecule has 0 aliphatic carbocycles. The van der Waals surface area contributed by atoms with Crippen molar-refractivity contribution >= 4 is 15.7 Å². The maximum absolute atomic E-state index is 13.1. The molecule has 156 valence electrons. The van der Waals surface area contributed by atoms with Crippen LogP contribution in [0.5, 0.6) is 0 Å². The molecule has 2 aromatic carbocycles. The number of ether oxygens (including phenoxy) is 1. The van der Waals surface area contributed by atoms with Gasteiger partial charge in [-0.2, -0.15) is 0 Å². The standard InChI is InChI=1S/C22H28N2O4S/c1-2-28-17-19-10-8-18(9-11-19)16-23-22(25)21(20-6-4-3-5-7-20)24-12-14-29(26,27)15-13-24/h3-11,21H,2,12-17H2,1H3,(H,23,25). The van der Waals surface area contributed by atoms with Crippen molar-refractivity contribution in [2.24, 2.45) is 0 Å². The molecule has 1 unspecified atom stereocenters. The number of amides is 1. The molecule has 3 rings (SSSR count). The highest BCUT2D eigenvalue weighted by atomic mass is 32.2. The van der Waals surface area contributed by atoms with E-state index in [0.29, 0.717) is 32.8 Å². The zero-order valence-electron chi connectivity index (χ0n) is 16.7. The lowest BCUT2D eigenvalue weighted by molar-refractivity contribution is -0.126. The van der Waals surface area contributed by atoms with Crippen LogP contribution >= 0.6 is 0 Å². The predicted molar refractivity (Wildman–Crippen MR) is 113 cm³/mol. The Hall–Kier alpha value is -2.22. The minimum absolute atomic E-state index is 0.0882. The molecular weight excluding hydrogens is 388 g/mol. The molecule has 0 saturated carbocycles. The van der Waals surface area contributed by atoms with Gasteiger partial charge in [-0.3, -0.25) is 9.69 Å². The van der Waals surface area contributed by atoms with Gasteiger partial charge in [0.15, 0.2) is 9.84 Å². The Morgan fingerprint density at radius 1 is 1.03 bits per heavy atom. The Bertz CT molecular complexity index is 884. The van der Waals surface area contributed by atoms with Gasteiger partial charge in [0.1, 0.15) is 6.04 Å². The second-order valence-electron chi connectivity index (χ2n) is 7.17. The van der Waals surface area contributed by atoms with Gasteiger partial charge in [-0.1, -0.05) is 54.6 Å². The van der Waals surface area contributed by atoms with Gasteiger partial charge < -0.3 is 10.1 Å². The highest BCUT2D eigenvalue weighted by Gasteiger charge is 2.32. The Morgan fingerprint density at radius 2 is 1.66 bits per heavy atom. The Kier molecular flexibility index (Phi) is 7.41. The third-order valence-electron chi connectivity index (χ3n) is 5.07. The minimum Gasteiger partial charge on any atom is -0.377 e. The van der Waals surface area contributed by atoms with Crippen LogP contribution in [-0.2, 0) is 32.5 Å². The van der Waals surface area contributed by atoms with Crippen molar-refractivity contribution in [1.82, 2.24) is 10.2 Å². The molecule has 0 radical (unpaired) electrons. The van der Waals surface area contributed by atoms with Crippen LogP contribution in [0.25, 0.3) is 0 Å². The molecule has 7 heteroatoms. The van der Waals surface area contributed by atoms with E-state index in [0.717, 1.165) is 16.7 Å². The van der Waals surface area contributed by atoms with Crippen molar-refractivity contribution in [3.05, 3.63) is 71.3 Å². The van der Waals surface area contributed by atoms with E-state index in [4.69, 9.17) is 4.74 Å². The quantitative estimate of drug-likeness (QED) is 0.715. The second-order valence-corrected chi connectivity index (χ2v) is 9.48. The summed E-state index contributed by atoms with van der Waals surface area (Å²) in [6, 6.07) is 17.0. The molecular formula is C22H28N2O4S.